The lowest BCUT2D eigenvalue weighted by Gasteiger charge is -2.17. The molecule has 0 aromatic heterocycles. The van der Waals surface area contributed by atoms with Crippen molar-refractivity contribution in [2.45, 2.75) is 27.2 Å². The van der Waals surface area contributed by atoms with E-state index in [4.69, 9.17) is 11.6 Å². The summed E-state index contributed by atoms with van der Waals surface area (Å²) in [6, 6.07) is 7.16. The Morgan fingerprint density at radius 3 is 2.15 bits per heavy atom. The van der Waals surface area contributed by atoms with E-state index in [1.165, 1.54) is 0 Å². The molecule has 0 saturated carbocycles. The maximum atomic E-state index is 11.7. The second kappa shape index (κ2) is 7.29. The van der Waals surface area contributed by atoms with Gasteiger partial charge in [-0.1, -0.05) is 44.5 Å². The Hall–Kier alpha value is -1.55. The highest BCUT2D eigenvalue weighted by atomic mass is 35.5. The zero-order valence-corrected chi connectivity index (χ0v) is 12.9. The lowest BCUT2D eigenvalue weighted by atomic mass is 9.96. The molecule has 0 spiro atoms. The average molecular weight is 297 g/mol. The Labute approximate surface area is 124 Å². The third kappa shape index (κ3) is 6.06. The quantitative estimate of drug-likeness (QED) is 0.818. The van der Waals surface area contributed by atoms with Crippen LogP contribution in [0.4, 0.5) is 0 Å². The molecule has 4 nitrogen and oxygen atoms in total. The smallest absolute Gasteiger partial charge is 0.225 e. The molecule has 0 aliphatic heterocycles. The van der Waals surface area contributed by atoms with Gasteiger partial charge >= 0.3 is 0 Å². The molecule has 0 radical (unpaired) electrons. The highest BCUT2D eigenvalue weighted by Gasteiger charge is 2.20. The lowest BCUT2D eigenvalue weighted by Crippen LogP contribution is -2.40. The van der Waals surface area contributed by atoms with Crippen LogP contribution in [0.1, 0.15) is 26.3 Å². The number of amides is 2. The Bertz CT molecular complexity index is 464. The third-order valence-electron chi connectivity index (χ3n) is 2.69. The van der Waals surface area contributed by atoms with E-state index in [-0.39, 0.29) is 11.8 Å². The molecule has 2 N–H and O–H groups in total. The summed E-state index contributed by atoms with van der Waals surface area (Å²) in [6.45, 7) is 6.40. The number of hydrogen-bond acceptors (Lipinski definition) is 2. The van der Waals surface area contributed by atoms with Gasteiger partial charge in [-0.2, -0.15) is 0 Å². The van der Waals surface area contributed by atoms with Gasteiger partial charge in [0, 0.05) is 23.5 Å². The molecular weight excluding hydrogens is 276 g/mol. The molecule has 1 aromatic rings. The van der Waals surface area contributed by atoms with Gasteiger partial charge in [0.25, 0.3) is 0 Å². The van der Waals surface area contributed by atoms with Crippen molar-refractivity contribution < 1.29 is 9.59 Å². The van der Waals surface area contributed by atoms with E-state index in [1.54, 1.807) is 12.1 Å². The van der Waals surface area contributed by atoms with Crippen molar-refractivity contribution in [1.29, 1.82) is 0 Å². The zero-order valence-electron chi connectivity index (χ0n) is 12.1. The highest BCUT2D eigenvalue weighted by Crippen LogP contribution is 2.12. The summed E-state index contributed by atoms with van der Waals surface area (Å²) in [5.41, 5.74) is 0.499. The van der Waals surface area contributed by atoms with Gasteiger partial charge in [0.1, 0.15) is 0 Å². The van der Waals surface area contributed by atoms with Crippen molar-refractivity contribution in [3.8, 4) is 0 Å². The van der Waals surface area contributed by atoms with Crippen LogP contribution in [0.3, 0.4) is 0 Å². The monoisotopic (exact) mass is 296 g/mol. The fraction of sp³-hybridized carbons (Fsp3) is 0.467. The van der Waals surface area contributed by atoms with Crippen molar-refractivity contribution in [3.05, 3.63) is 34.9 Å². The first kappa shape index (κ1) is 16.5. The van der Waals surface area contributed by atoms with Gasteiger partial charge in [-0.3, -0.25) is 9.59 Å². The molecule has 0 aliphatic rings. The summed E-state index contributed by atoms with van der Waals surface area (Å²) >= 11 is 5.78. The van der Waals surface area contributed by atoms with E-state index in [9.17, 15) is 9.59 Å². The molecule has 20 heavy (non-hydrogen) atoms. The van der Waals surface area contributed by atoms with Crippen LogP contribution in [0.25, 0.3) is 0 Å². The second-order valence-electron chi connectivity index (χ2n) is 5.66. The number of carbonyl (C=O) groups is 2. The van der Waals surface area contributed by atoms with Gasteiger partial charge in [-0.05, 0) is 17.7 Å². The minimum Gasteiger partial charge on any atom is -0.354 e. The summed E-state index contributed by atoms with van der Waals surface area (Å²) in [4.78, 5) is 23.3. The van der Waals surface area contributed by atoms with Crippen LogP contribution in [-0.2, 0) is 16.0 Å². The van der Waals surface area contributed by atoms with E-state index in [2.05, 4.69) is 10.6 Å². The molecule has 0 bridgehead atoms. The summed E-state index contributed by atoms with van der Waals surface area (Å²) in [5.74, 6) is -0.0956. The average Bonchev–Trinajstić information content (AvgIpc) is 2.36. The molecule has 110 valence electrons. The number of hydrogen-bond donors (Lipinski definition) is 2. The summed E-state index contributed by atoms with van der Waals surface area (Å²) in [7, 11) is 0. The highest BCUT2D eigenvalue weighted by molar-refractivity contribution is 6.30. The van der Waals surface area contributed by atoms with Crippen LogP contribution in [0, 0.1) is 5.41 Å². The van der Waals surface area contributed by atoms with Crippen molar-refractivity contribution in [1.82, 2.24) is 10.6 Å². The van der Waals surface area contributed by atoms with Crippen molar-refractivity contribution in [2.75, 3.05) is 13.1 Å². The minimum atomic E-state index is -0.409. The molecular formula is C15H21ClN2O2. The Kier molecular flexibility index (Phi) is 6.02. The van der Waals surface area contributed by atoms with Crippen molar-refractivity contribution in [3.63, 3.8) is 0 Å². The van der Waals surface area contributed by atoms with Crippen molar-refractivity contribution in [2.24, 2.45) is 5.41 Å². The van der Waals surface area contributed by atoms with E-state index >= 15 is 0 Å². The van der Waals surface area contributed by atoms with Gasteiger partial charge in [0.15, 0.2) is 0 Å². The predicted octanol–water partition coefficient (Wildman–Crippen LogP) is 2.16. The van der Waals surface area contributed by atoms with Crippen molar-refractivity contribution >= 4 is 23.4 Å². The summed E-state index contributed by atoms with van der Waals surface area (Å²) in [6.07, 6.45) is 0.310. The Morgan fingerprint density at radius 1 is 1.05 bits per heavy atom. The van der Waals surface area contributed by atoms with Crippen LogP contribution in [-0.4, -0.2) is 24.9 Å². The molecule has 0 saturated heterocycles. The van der Waals surface area contributed by atoms with Gasteiger partial charge in [0.05, 0.1) is 6.42 Å². The number of carbonyl (C=O) groups excluding carboxylic acids is 2. The maximum Gasteiger partial charge on any atom is 0.225 e. The third-order valence-corrected chi connectivity index (χ3v) is 2.94. The molecule has 0 fully saturated rings. The van der Waals surface area contributed by atoms with Crippen LogP contribution in [0.2, 0.25) is 5.02 Å². The van der Waals surface area contributed by atoms with Crippen LogP contribution in [0.15, 0.2) is 24.3 Å². The molecule has 0 atom stereocenters. The van der Waals surface area contributed by atoms with Crippen LogP contribution in [0.5, 0.6) is 0 Å². The topological polar surface area (TPSA) is 58.2 Å². The first-order chi connectivity index (χ1) is 9.29. The van der Waals surface area contributed by atoms with Crippen LogP contribution < -0.4 is 10.6 Å². The fourth-order valence-corrected chi connectivity index (χ4v) is 1.62. The number of halogens is 1. The standard InChI is InChI=1S/C15H21ClN2O2/c1-15(2,3)14(20)18-9-8-17-13(19)10-11-4-6-12(16)7-5-11/h4-7H,8-10H2,1-3H3,(H,17,19)(H,18,20). The number of rotatable bonds is 5. The normalized spacial score (nSPS) is 11.0. The molecule has 1 rings (SSSR count). The van der Waals surface area contributed by atoms with E-state index in [0.717, 1.165) is 5.56 Å². The first-order valence-corrected chi connectivity index (χ1v) is 6.96. The molecule has 5 heteroatoms. The Balaban J connectivity index is 2.24. The first-order valence-electron chi connectivity index (χ1n) is 6.58. The molecule has 1 aromatic carbocycles. The van der Waals surface area contributed by atoms with Crippen LogP contribution >= 0.6 is 11.6 Å². The molecule has 0 heterocycles. The van der Waals surface area contributed by atoms with Gasteiger partial charge in [0.2, 0.25) is 11.8 Å². The second-order valence-corrected chi connectivity index (χ2v) is 6.10. The molecule has 2 amide bonds. The predicted molar refractivity (Wildman–Crippen MR) is 80.6 cm³/mol. The van der Waals surface area contributed by atoms with E-state index in [1.807, 2.05) is 32.9 Å². The zero-order chi connectivity index (χ0) is 15.2. The fourth-order valence-electron chi connectivity index (χ4n) is 1.49. The molecule has 0 aliphatic carbocycles. The summed E-state index contributed by atoms with van der Waals surface area (Å²) < 4.78 is 0. The van der Waals surface area contributed by atoms with Gasteiger partial charge < -0.3 is 10.6 Å². The number of nitrogens with one attached hydrogen (secondary N) is 2. The maximum absolute atomic E-state index is 11.7. The molecule has 0 unspecified atom stereocenters. The van der Waals surface area contributed by atoms with Gasteiger partial charge in [-0.15, -0.1) is 0 Å². The van der Waals surface area contributed by atoms with Gasteiger partial charge in [-0.25, -0.2) is 0 Å². The van der Waals surface area contributed by atoms with E-state index < -0.39 is 5.41 Å². The van der Waals surface area contributed by atoms with E-state index in [0.29, 0.717) is 24.5 Å². The Morgan fingerprint density at radius 2 is 1.60 bits per heavy atom. The largest absolute Gasteiger partial charge is 0.354 e. The minimum absolute atomic E-state index is 0.0237. The summed E-state index contributed by atoms with van der Waals surface area (Å²) in [5, 5.41) is 6.20. The SMILES string of the molecule is CC(C)(C)C(=O)NCCNC(=O)Cc1ccc(Cl)cc1. The number of benzene rings is 1. The lowest BCUT2D eigenvalue weighted by molar-refractivity contribution is -0.128.